The smallest absolute Gasteiger partial charge is 0.222 e. The lowest BCUT2D eigenvalue weighted by Gasteiger charge is -2.34. The second-order valence-electron chi connectivity index (χ2n) is 5.32. The summed E-state index contributed by atoms with van der Waals surface area (Å²) in [6, 6.07) is 0. The minimum absolute atomic E-state index is 0.189. The molecule has 1 aliphatic rings. The van der Waals surface area contributed by atoms with Crippen molar-refractivity contribution in [2.24, 2.45) is 7.05 Å². The van der Waals surface area contributed by atoms with E-state index in [-0.39, 0.29) is 12.5 Å². The third kappa shape index (κ3) is 3.58. The van der Waals surface area contributed by atoms with E-state index in [2.05, 4.69) is 10.00 Å². The zero-order valence-electron chi connectivity index (χ0n) is 12.4. The third-order valence-electron chi connectivity index (χ3n) is 4.09. The molecular weight excluding hydrogens is 256 g/mol. The number of hydrogen-bond donors (Lipinski definition) is 1. The summed E-state index contributed by atoms with van der Waals surface area (Å²) in [5, 5.41) is 13.1. The van der Waals surface area contributed by atoms with Gasteiger partial charge in [-0.2, -0.15) is 5.10 Å². The van der Waals surface area contributed by atoms with Gasteiger partial charge < -0.3 is 10.0 Å². The largest absolute Gasteiger partial charge is 0.395 e. The molecule has 20 heavy (non-hydrogen) atoms. The maximum atomic E-state index is 12.2. The normalized spacial score (nSPS) is 16.6. The molecule has 0 spiro atoms. The molecule has 6 nitrogen and oxygen atoms in total. The first-order valence-corrected chi connectivity index (χ1v) is 7.20. The summed E-state index contributed by atoms with van der Waals surface area (Å²) < 4.78 is 1.84. The molecule has 1 N–H and O–H groups in total. The Morgan fingerprint density at radius 3 is 2.60 bits per heavy atom. The molecule has 2 heterocycles. The van der Waals surface area contributed by atoms with Crippen LogP contribution in [0, 0.1) is 6.92 Å². The Labute approximate surface area is 120 Å². The molecule has 0 aromatic carbocycles. The highest BCUT2D eigenvalue weighted by Gasteiger charge is 2.20. The van der Waals surface area contributed by atoms with Crippen LogP contribution < -0.4 is 0 Å². The quantitative estimate of drug-likeness (QED) is 0.811. The van der Waals surface area contributed by atoms with E-state index in [1.807, 2.05) is 29.7 Å². The van der Waals surface area contributed by atoms with Gasteiger partial charge in [-0.3, -0.25) is 14.4 Å². The average molecular weight is 280 g/mol. The predicted molar refractivity (Wildman–Crippen MR) is 76.4 cm³/mol. The van der Waals surface area contributed by atoms with Crippen LogP contribution in [0.3, 0.4) is 0 Å². The van der Waals surface area contributed by atoms with Gasteiger partial charge in [-0.1, -0.05) is 0 Å². The zero-order chi connectivity index (χ0) is 14.5. The minimum atomic E-state index is 0.189. The number of β-amino-alcohol motifs (C(OH)–C–C–N with tert-alkyl or cyclic N) is 1. The van der Waals surface area contributed by atoms with Crippen molar-refractivity contribution in [1.82, 2.24) is 19.6 Å². The first kappa shape index (κ1) is 15.0. The summed E-state index contributed by atoms with van der Waals surface area (Å²) in [4.78, 5) is 16.3. The molecule has 0 unspecified atom stereocenters. The molecule has 1 amide bonds. The third-order valence-corrected chi connectivity index (χ3v) is 4.09. The number of carbonyl (C=O) groups excluding carboxylic acids is 1. The Hall–Kier alpha value is -1.40. The Kier molecular flexibility index (Phi) is 5.14. The van der Waals surface area contributed by atoms with E-state index in [0.29, 0.717) is 13.0 Å². The van der Waals surface area contributed by atoms with E-state index in [0.717, 1.165) is 43.9 Å². The van der Waals surface area contributed by atoms with Crippen molar-refractivity contribution in [2.45, 2.75) is 19.8 Å². The van der Waals surface area contributed by atoms with Gasteiger partial charge in [0, 0.05) is 51.9 Å². The number of hydrogen-bond acceptors (Lipinski definition) is 4. The highest BCUT2D eigenvalue weighted by Crippen LogP contribution is 2.10. The van der Waals surface area contributed by atoms with E-state index in [1.54, 1.807) is 0 Å². The van der Waals surface area contributed by atoms with Gasteiger partial charge in [-0.25, -0.2) is 0 Å². The molecule has 1 aromatic heterocycles. The number of aliphatic hydroxyl groups is 1. The Bertz CT molecular complexity index is 450. The van der Waals surface area contributed by atoms with E-state index in [1.165, 1.54) is 0 Å². The van der Waals surface area contributed by atoms with Gasteiger partial charge in [0.2, 0.25) is 5.91 Å². The second kappa shape index (κ2) is 6.85. The molecule has 112 valence electrons. The van der Waals surface area contributed by atoms with Crippen molar-refractivity contribution in [2.75, 3.05) is 39.3 Å². The van der Waals surface area contributed by atoms with Crippen molar-refractivity contribution in [1.29, 1.82) is 0 Å². The molecule has 1 aromatic rings. The lowest BCUT2D eigenvalue weighted by molar-refractivity contribution is -0.132. The number of amides is 1. The summed E-state index contributed by atoms with van der Waals surface area (Å²) in [5.74, 6) is 0.219. The summed E-state index contributed by atoms with van der Waals surface area (Å²) in [7, 11) is 1.92. The topological polar surface area (TPSA) is 61.6 Å². The first-order chi connectivity index (χ1) is 9.61. The number of piperazine rings is 1. The Morgan fingerprint density at radius 2 is 2.05 bits per heavy atom. The van der Waals surface area contributed by atoms with Crippen molar-refractivity contribution < 1.29 is 9.90 Å². The lowest BCUT2D eigenvalue weighted by Crippen LogP contribution is -2.49. The standard InChI is InChI=1S/C14H24N4O2/c1-12-13(11-15-16(12)2)3-4-14(20)18-7-5-17(6-8-18)9-10-19/h11,19H,3-10H2,1-2H3. The summed E-state index contributed by atoms with van der Waals surface area (Å²) in [6.45, 7) is 6.18. The summed E-state index contributed by atoms with van der Waals surface area (Å²) in [5.41, 5.74) is 2.28. The predicted octanol–water partition coefficient (Wildman–Crippen LogP) is -0.202. The number of rotatable bonds is 5. The Balaban J connectivity index is 1.77. The van der Waals surface area contributed by atoms with E-state index in [4.69, 9.17) is 5.11 Å². The fraction of sp³-hybridized carbons (Fsp3) is 0.714. The number of aryl methyl sites for hydroxylation is 2. The van der Waals surface area contributed by atoms with Crippen LogP contribution in [0.4, 0.5) is 0 Å². The second-order valence-corrected chi connectivity index (χ2v) is 5.32. The first-order valence-electron chi connectivity index (χ1n) is 7.20. The van der Waals surface area contributed by atoms with Gasteiger partial charge in [0.25, 0.3) is 0 Å². The molecule has 0 atom stereocenters. The van der Waals surface area contributed by atoms with Crippen molar-refractivity contribution >= 4 is 5.91 Å². The molecule has 2 rings (SSSR count). The van der Waals surface area contributed by atoms with Gasteiger partial charge >= 0.3 is 0 Å². The summed E-state index contributed by atoms with van der Waals surface area (Å²) >= 11 is 0. The van der Waals surface area contributed by atoms with Crippen molar-refractivity contribution in [3.63, 3.8) is 0 Å². The maximum absolute atomic E-state index is 12.2. The van der Waals surface area contributed by atoms with E-state index < -0.39 is 0 Å². The summed E-state index contributed by atoms with van der Waals surface area (Å²) in [6.07, 6.45) is 3.16. The molecule has 1 aliphatic heterocycles. The molecular formula is C14H24N4O2. The fourth-order valence-corrected chi connectivity index (χ4v) is 2.55. The van der Waals surface area contributed by atoms with Gasteiger partial charge in [-0.15, -0.1) is 0 Å². The SMILES string of the molecule is Cc1c(CCC(=O)N2CCN(CCO)CC2)cnn1C. The number of nitrogens with zero attached hydrogens (tertiary/aromatic N) is 4. The maximum Gasteiger partial charge on any atom is 0.222 e. The molecule has 0 aliphatic carbocycles. The zero-order valence-corrected chi connectivity index (χ0v) is 12.4. The number of aromatic nitrogens is 2. The molecule has 1 saturated heterocycles. The van der Waals surface area contributed by atoms with Crippen LogP contribution in [0.1, 0.15) is 17.7 Å². The average Bonchev–Trinajstić information content (AvgIpc) is 2.77. The van der Waals surface area contributed by atoms with Crippen LogP contribution in [-0.4, -0.2) is 69.9 Å². The Morgan fingerprint density at radius 1 is 1.35 bits per heavy atom. The van der Waals surface area contributed by atoms with Crippen LogP contribution >= 0.6 is 0 Å². The monoisotopic (exact) mass is 280 g/mol. The van der Waals surface area contributed by atoms with Gasteiger partial charge in [-0.05, 0) is 18.9 Å². The van der Waals surface area contributed by atoms with Crippen molar-refractivity contribution in [3.8, 4) is 0 Å². The van der Waals surface area contributed by atoms with Crippen LogP contribution in [0.15, 0.2) is 6.20 Å². The number of aliphatic hydroxyl groups excluding tert-OH is 1. The molecule has 0 radical (unpaired) electrons. The van der Waals surface area contributed by atoms with Crippen LogP contribution in [-0.2, 0) is 18.3 Å². The van der Waals surface area contributed by atoms with E-state index >= 15 is 0 Å². The molecule has 6 heteroatoms. The minimum Gasteiger partial charge on any atom is -0.395 e. The van der Waals surface area contributed by atoms with Crippen LogP contribution in [0.25, 0.3) is 0 Å². The van der Waals surface area contributed by atoms with Crippen LogP contribution in [0.2, 0.25) is 0 Å². The fourth-order valence-electron chi connectivity index (χ4n) is 2.55. The molecule has 1 fully saturated rings. The van der Waals surface area contributed by atoms with Crippen LogP contribution in [0.5, 0.6) is 0 Å². The van der Waals surface area contributed by atoms with Gasteiger partial charge in [0.1, 0.15) is 0 Å². The highest BCUT2D eigenvalue weighted by atomic mass is 16.3. The highest BCUT2D eigenvalue weighted by molar-refractivity contribution is 5.76. The molecule has 0 saturated carbocycles. The van der Waals surface area contributed by atoms with Gasteiger partial charge in [0.15, 0.2) is 0 Å². The van der Waals surface area contributed by atoms with E-state index in [9.17, 15) is 4.79 Å². The number of carbonyl (C=O) groups is 1. The van der Waals surface area contributed by atoms with Gasteiger partial charge in [0.05, 0.1) is 12.8 Å². The molecule has 0 bridgehead atoms. The lowest BCUT2D eigenvalue weighted by atomic mass is 10.1. The van der Waals surface area contributed by atoms with Crippen molar-refractivity contribution in [3.05, 3.63) is 17.5 Å².